The molecule has 0 spiro atoms. The van der Waals surface area contributed by atoms with E-state index in [9.17, 15) is 0 Å². The molecule has 0 N–H and O–H groups in total. The molecule has 6 heteroatoms. The highest BCUT2D eigenvalue weighted by atomic mass is 16.6. The Hall–Kier alpha value is -4.78. The van der Waals surface area contributed by atoms with E-state index in [-0.39, 0.29) is 12.2 Å². The van der Waals surface area contributed by atoms with Gasteiger partial charge in [-0.2, -0.15) is 0 Å². The van der Waals surface area contributed by atoms with Crippen LogP contribution >= 0.6 is 0 Å². The fraction of sp³-hybridized carbons (Fsp3) is 0.231. The Morgan fingerprint density at radius 3 is 1.44 bits per heavy atom. The maximum absolute atomic E-state index is 6.25. The molecule has 2 aliphatic heterocycles. The third-order valence-electron chi connectivity index (χ3n) is 7.21. The highest BCUT2D eigenvalue weighted by molar-refractivity contribution is 5.69. The second kappa shape index (κ2) is 14.8. The second-order valence-electron chi connectivity index (χ2n) is 11.0. The SMILES string of the molecule is C=Cc1ccc(OCC2CO2)cc1/C=C(\C)Oc1ccc(C=C)c(/C=C(\C)Oc2ccc(C=C)c(/C=C(\C)OCC3CO3)c2)c1. The van der Waals surface area contributed by atoms with Crippen LogP contribution in [-0.4, -0.2) is 38.6 Å². The maximum Gasteiger partial charge on any atom is 0.127 e. The molecule has 0 amide bonds. The van der Waals surface area contributed by atoms with Crippen LogP contribution in [0.4, 0.5) is 0 Å². The molecule has 3 aromatic carbocycles. The smallest absolute Gasteiger partial charge is 0.127 e. The third-order valence-corrected chi connectivity index (χ3v) is 7.21. The van der Waals surface area contributed by atoms with Crippen molar-refractivity contribution < 1.29 is 28.4 Å². The Bertz CT molecular complexity index is 1650. The van der Waals surface area contributed by atoms with Crippen LogP contribution in [0.25, 0.3) is 36.5 Å². The first-order chi connectivity index (χ1) is 21.8. The molecule has 45 heavy (non-hydrogen) atoms. The minimum Gasteiger partial charge on any atom is -0.495 e. The zero-order chi connectivity index (χ0) is 31.8. The highest BCUT2D eigenvalue weighted by Crippen LogP contribution is 2.28. The standard InChI is InChI=1S/C39H40O6/c1-7-29-10-13-35(41-23-39-25-43-39)19-33(29)17-27(5)44-37-15-12-31(9-3)34(21-37)18-28(6)45-36-14-11-30(8-2)32(20-36)16-26(4)40-22-38-24-42-38/h7-21,38-39H,1-3,22-25H2,4-6H3/b26-16+,27-17+,28-18+. The van der Waals surface area contributed by atoms with Crippen molar-refractivity contribution in [2.45, 2.75) is 33.0 Å². The number of hydrogen-bond acceptors (Lipinski definition) is 6. The van der Waals surface area contributed by atoms with E-state index in [1.165, 1.54) is 0 Å². The van der Waals surface area contributed by atoms with Gasteiger partial charge in [0.05, 0.1) is 19.0 Å². The summed E-state index contributed by atoms with van der Waals surface area (Å²) in [6.45, 7) is 20.3. The summed E-state index contributed by atoms with van der Waals surface area (Å²) in [4.78, 5) is 0. The van der Waals surface area contributed by atoms with Gasteiger partial charge in [-0.1, -0.05) is 56.2 Å². The normalized spacial score (nSPS) is 17.7. The van der Waals surface area contributed by atoms with Gasteiger partial charge in [0, 0.05) is 0 Å². The van der Waals surface area contributed by atoms with Gasteiger partial charge in [0.2, 0.25) is 0 Å². The van der Waals surface area contributed by atoms with Crippen molar-refractivity contribution in [3.63, 3.8) is 0 Å². The van der Waals surface area contributed by atoms with Gasteiger partial charge in [-0.15, -0.1) is 0 Å². The van der Waals surface area contributed by atoms with E-state index in [1.807, 2.05) is 112 Å². The number of ether oxygens (including phenoxy) is 6. The van der Waals surface area contributed by atoms with E-state index in [4.69, 9.17) is 28.4 Å². The molecular weight excluding hydrogens is 564 g/mol. The topological polar surface area (TPSA) is 62.0 Å². The van der Waals surface area contributed by atoms with Crippen molar-refractivity contribution in [3.05, 3.63) is 125 Å². The first kappa shape index (κ1) is 31.6. The summed E-state index contributed by atoms with van der Waals surface area (Å²) in [6.07, 6.45) is 11.8. The minimum absolute atomic E-state index is 0.193. The number of benzene rings is 3. The van der Waals surface area contributed by atoms with E-state index in [2.05, 4.69) is 19.7 Å². The highest BCUT2D eigenvalue weighted by Gasteiger charge is 2.23. The van der Waals surface area contributed by atoms with Crippen molar-refractivity contribution in [3.8, 4) is 17.2 Å². The predicted molar refractivity (Wildman–Crippen MR) is 183 cm³/mol. The summed E-state index contributed by atoms with van der Waals surface area (Å²) in [6, 6.07) is 17.7. The lowest BCUT2D eigenvalue weighted by atomic mass is 10.1. The average molecular weight is 605 g/mol. The van der Waals surface area contributed by atoms with Crippen LogP contribution in [0.15, 0.2) is 91.6 Å². The second-order valence-corrected chi connectivity index (χ2v) is 11.0. The van der Waals surface area contributed by atoms with Gasteiger partial charge in [0.15, 0.2) is 0 Å². The number of allylic oxidation sites excluding steroid dienone is 3. The van der Waals surface area contributed by atoms with E-state index < -0.39 is 0 Å². The molecule has 2 heterocycles. The van der Waals surface area contributed by atoms with E-state index >= 15 is 0 Å². The van der Waals surface area contributed by atoms with Crippen LogP contribution in [0.3, 0.4) is 0 Å². The first-order valence-corrected chi connectivity index (χ1v) is 15.0. The number of epoxide rings is 2. The van der Waals surface area contributed by atoms with Crippen LogP contribution < -0.4 is 14.2 Å². The van der Waals surface area contributed by atoms with Gasteiger partial charge in [0.25, 0.3) is 0 Å². The van der Waals surface area contributed by atoms with Crippen LogP contribution in [0.1, 0.15) is 54.2 Å². The van der Waals surface area contributed by atoms with E-state index in [1.54, 1.807) is 0 Å². The fourth-order valence-electron chi connectivity index (χ4n) is 4.68. The zero-order valence-corrected chi connectivity index (χ0v) is 26.2. The molecule has 3 aromatic rings. The van der Waals surface area contributed by atoms with Gasteiger partial charge >= 0.3 is 0 Å². The summed E-state index contributed by atoms with van der Waals surface area (Å²) in [5.74, 6) is 4.43. The molecule has 2 atom stereocenters. The van der Waals surface area contributed by atoms with Gasteiger partial charge in [-0.05, 0) is 109 Å². The summed E-state index contributed by atoms with van der Waals surface area (Å²) in [5.41, 5.74) is 5.78. The van der Waals surface area contributed by atoms with Crippen molar-refractivity contribution in [1.29, 1.82) is 0 Å². The number of hydrogen-bond donors (Lipinski definition) is 0. The summed E-state index contributed by atoms with van der Waals surface area (Å²) in [7, 11) is 0. The first-order valence-electron chi connectivity index (χ1n) is 15.0. The van der Waals surface area contributed by atoms with Gasteiger partial charge in [-0.3, -0.25) is 0 Å². The average Bonchev–Trinajstić information content (AvgIpc) is 3.95. The van der Waals surface area contributed by atoms with Crippen LogP contribution in [0.5, 0.6) is 17.2 Å². The number of rotatable bonds is 16. The molecule has 0 bridgehead atoms. The molecule has 2 aliphatic rings. The molecule has 0 aromatic heterocycles. The van der Waals surface area contributed by atoms with Crippen LogP contribution in [-0.2, 0) is 14.2 Å². The Morgan fingerprint density at radius 2 is 1.00 bits per heavy atom. The Labute approximate surface area is 266 Å². The van der Waals surface area contributed by atoms with Crippen LogP contribution in [0.2, 0.25) is 0 Å². The van der Waals surface area contributed by atoms with Crippen molar-refractivity contribution in [1.82, 2.24) is 0 Å². The summed E-state index contributed by atoms with van der Waals surface area (Å²) in [5, 5.41) is 0. The Balaban J connectivity index is 1.31. The lowest BCUT2D eigenvalue weighted by Crippen LogP contribution is -2.04. The molecular formula is C39H40O6. The van der Waals surface area contributed by atoms with Gasteiger partial charge < -0.3 is 28.4 Å². The lowest BCUT2D eigenvalue weighted by Gasteiger charge is -2.12. The summed E-state index contributed by atoms with van der Waals surface area (Å²) >= 11 is 0. The molecule has 6 nitrogen and oxygen atoms in total. The fourth-order valence-corrected chi connectivity index (χ4v) is 4.68. The zero-order valence-electron chi connectivity index (χ0n) is 26.2. The van der Waals surface area contributed by atoms with Crippen molar-refractivity contribution in [2.75, 3.05) is 26.4 Å². The van der Waals surface area contributed by atoms with Crippen LogP contribution in [0, 0.1) is 0 Å². The molecule has 5 rings (SSSR count). The Kier molecular flexibility index (Phi) is 10.4. The lowest BCUT2D eigenvalue weighted by molar-refractivity contribution is 0.187. The minimum atomic E-state index is 0.193. The predicted octanol–water partition coefficient (Wildman–Crippen LogP) is 9.05. The largest absolute Gasteiger partial charge is 0.495 e. The molecule has 0 radical (unpaired) electrons. The van der Waals surface area contributed by atoms with Crippen molar-refractivity contribution in [2.24, 2.45) is 0 Å². The molecule has 0 saturated carbocycles. The maximum atomic E-state index is 6.25. The van der Waals surface area contributed by atoms with Gasteiger partial charge in [0.1, 0.15) is 54.2 Å². The molecule has 2 saturated heterocycles. The molecule has 232 valence electrons. The monoisotopic (exact) mass is 604 g/mol. The van der Waals surface area contributed by atoms with E-state index in [0.29, 0.717) is 30.5 Å². The van der Waals surface area contributed by atoms with Gasteiger partial charge in [-0.25, -0.2) is 0 Å². The quantitative estimate of drug-likeness (QED) is 0.120. The van der Waals surface area contributed by atoms with Crippen molar-refractivity contribution >= 4 is 36.5 Å². The molecule has 2 fully saturated rings. The molecule has 2 unspecified atom stereocenters. The summed E-state index contributed by atoms with van der Waals surface area (Å²) < 4.78 is 34.7. The third kappa shape index (κ3) is 9.35. The Morgan fingerprint density at radius 1 is 0.600 bits per heavy atom. The van der Waals surface area contributed by atoms with E-state index in [0.717, 1.165) is 63.9 Å². The molecule has 0 aliphatic carbocycles.